The second-order valence-corrected chi connectivity index (χ2v) is 5.36. The van der Waals surface area contributed by atoms with Crippen LogP contribution >= 0.6 is 0 Å². The van der Waals surface area contributed by atoms with Crippen molar-refractivity contribution in [2.45, 2.75) is 25.7 Å². The van der Waals surface area contributed by atoms with Crippen molar-refractivity contribution >= 4 is 17.0 Å². The first-order valence-electron chi connectivity index (χ1n) is 6.83. The van der Waals surface area contributed by atoms with Crippen molar-refractivity contribution in [3.05, 3.63) is 24.5 Å². The van der Waals surface area contributed by atoms with Gasteiger partial charge in [0.1, 0.15) is 11.3 Å². The minimum absolute atomic E-state index is 0.249. The molecule has 19 heavy (non-hydrogen) atoms. The zero-order valence-electron chi connectivity index (χ0n) is 11.0. The number of fused-ring (bicyclic) bond motifs is 1. The lowest BCUT2D eigenvalue weighted by atomic mass is 9.86. The molecule has 5 nitrogen and oxygen atoms in total. The van der Waals surface area contributed by atoms with Gasteiger partial charge < -0.3 is 11.1 Å². The summed E-state index contributed by atoms with van der Waals surface area (Å²) in [7, 11) is 0. The first-order chi connectivity index (χ1) is 9.31. The third kappa shape index (κ3) is 2.51. The Morgan fingerprint density at radius 3 is 2.74 bits per heavy atom. The highest BCUT2D eigenvalue weighted by molar-refractivity contribution is 5.71. The van der Waals surface area contributed by atoms with E-state index in [2.05, 4.69) is 20.3 Å². The molecule has 2 heterocycles. The molecule has 0 unspecified atom stereocenters. The lowest BCUT2D eigenvalue weighted by molar-refractivity contribution is 0.332. The van der Waals surface area contributed by atoms with Gasteiger partial charge in [0.2, 0.25) is 0 Å². The van der Waals surface area contributed by atoms with Gasteiger partial charge in [-0.15, -0.1) is 0 Å². The number of hydrogen-bond donors (Lipinski definition) is 2. The summed E-state index contributed by atoms with van der Waals surface area (Å²) in [5.74, 6) is 0.854. The molecular weight excluding hydrogens is 238 g/mol. The summed E-state index contributed by atoms with van der Waals surface area (Å²) in [6.45, 7) is 1.63. The average molecular weight is 257 g/mol. The van der Waals surface area contributed by atoms with Crippen LogP contribution in [0.4, 0.5) is 5.82 Å². The van der Waals surface area contributed by atoms with Gasteiger partial charge in [0, 0.05) is 18.9 Å². The van der Waals surface area contributed by atoms with Crippen LogP contribution in [0.3, 0.4) is 0 Å². The zero-order chi connectivity index (χ0) is 13.1. The molecule has 3 rings (SSSR count). The Morgan fingerprint density at radius 2 is 1.95 bits per heavy atom. The fraction of sp³-hybridized carbons (Fsp3) is 0.500. The minimum atomic E-state index is 0.249. The molecule has 100 valence electrons. The quantitative estimate of drug-likeness (QED) is 0.875. The standard InChI is InChI=1S/C14H19N5/c15-9-14(5-1-2-6-14)10-18-12-4-3-11-13(19-12)17-8-7-16-11/h3-4,7-8H,1-2,5-6,9-10,15H2,(H,17,18,19). The fourth-order valence-corrected chi connectivity index (χ4v) is 2.81. The molecule has 1 aliphatic rings. The maximum atomic E-state index is 5.94. The van der Waals surface area contributed by atoms with E-state index < -0.39 is 0 Å². The Bertz CT molecular complexity index is 563. The van der Waals surface area contributed by atoms with E-state index in [9.17, 15) is 0 Å². The Labute approximate surface area is 112 Å². The summed E-state index contributed by atoms with van der Waals surface area (Å²) in [4.78, 5) is 12.9. The van der Waals surface area contributed by atoms with Crippen LogP contribution in [0.5, 0.6) is 0 Å². The van der Waals surface area contributed by atoms with Crippen molar-refractivity contribution in [1.82, 2.24) is 15.0 Å². The minimum Gasteiger partial charge on any atom is -0.369 e. The fourth-order valence-electron chi connectivity index (χ4n) is 2.81. The highest BCUT2D eigenvalue weighted by Gasteiger charge is 2.32. The van der Waals surface area contributed by atoms with Gasteiger partial charge >= 0.3 is 0 Å². The number of rotatable bonds is 4. The number of aromatic nitrogens is 3. The Balaban J connectivity index is 1.74. The summed E-state index contributed by atoms with van der Waals surface area (Å²) in [6.07, 6.45) is 8.34. The van der Waals surface area contributed by atoms with Gasteiger partial charge in [0.25, 0.3) is 0 Å². The zero-order valence-corrected chi connectivity index (χ0v) is 11.0. The molecule has 1 fully saturated rings. The molecule has 0 aliphatic heterocycles. The first kappa shape index (κ1) is 12.3. The maximum Gasteiger partial charge on any atom is 0.180 e. The molecule has 0 saturated heterocycles. The Kier molecular flexibility index (Phi) is 3.29. The molecule has 0 amide bonds. The van der Waals surface area contributed by atoms with E-state index in [0.717, 1.165) is 24.4 Å². The molecule has 0 spiro atoms. The van der Waals surface area contributed by atoms with E-state index in [1.54, 1.807) is 12.4 Å². The van der Waals surface area contributed by atoms with Crippen molar-refractivity contribution in [1.29, 1.82) is 0 Å². The lowest BCUT2D eigenvalue weighted by Gasteiger charge is -2.27. The Hall–Kier alpha value is -1.75. The summed E-state index contributed by atoms with van der Waals surface area (Å²) in [5.41, 5.74) is 7.69. The molecule has 1 saturated carbocycles. The van der Waals surface area contributed by atoms with Gasteiger partial charge in [-0.1, -0.05) is 12.8 Å². The maximum absolute atomic E-state index is 5.94. The van der Waals surface area contributed by atoms with Crippen molar-refractivity contribution in [2.75, 3.05) is 18.4 Å². The number of hydrogen-bond acceptors (Lipinski definition) is 5. The van der Waals surface area contributed by atoms with Crippen molar-refractivity contribution in [3.8, 4) is 0 Å². The average Bonchev–Trinajstić information content (AvgIpc) is 2.94. The summed E-state index contributed by atoms with van der Waals surface area (Å²) in [5, 5.41) is 3.41. The van der Waals surface area contributed by atoms with Crippen molar-refractivity contribution in [2.24, 2.45) is 11.1 Å². The van der Waals surface area contributed by atoms with Gasteiger partial charge in [0.05, 0.1) is 0 Å². The predicted octanol–water partition coefficient (Wildman–Crippen LogP) is 1.96. The summed E-state index contributed by atoms with van der Waals surface area (Å²) in [6, 6.07) is 3.90. The normalized spacial score (nSPS) is 17.7. The third-order valence-corrected chi connectivity index (χ3v) is 4.07. The number of nitrogens with one attached hydrogen (secondary N) is 1. The highest BCUT2D eigenvalue weighted by Crippen LogP contribution is 2.37. The topological polar surface area (TPSA) is 76.7 Å². The van der Waals surface area contributed by atoms with Crippen LogP contribution in [0.25, 0.3) is 11.2 Å². The van der Waals surface area contributed by atoms with Crippen LogP contribution in [0.1, 0.15) is 25.7 Å². The smallest absolute Gasteiger partial charge is 0.180 e. The van der Waals surface area contributed by atoms with Crippen LogP contribution in [-0.2, 0) is 0 Å². The largest absolute Gasteiger partial charge is 0.369 e. The molecule has 2 aromatic heterocycles. The van der Waals surface area contributed by atoms with Gasteiger partial charge in [-0.2, -0.15) is 0 Å². The van der Waals surface area contributed by atoms with Crippen LogP contribution < -0.4 is 11.1 Å². The molecule has 3 N–H and O–H groups in total. The number of pyridine rings is 1. The molecule has 0 radical (unpaired) electrons. The molecule has 2 aromatic rings. The van der Waals surface area contributed by atoms with E-state index in [1.165, 1.54) is 25.7 Å². The molecule has 1 aliphatic carbocycles. The van der Waals surface area contributed by atoms with E-state index in [0.29, 0.717) is 5.65 Å². The second kappa shape index (κ2) is 5.09. The number of nitrogens with zero attached hydrogens (tertiary/aromatic N) is 3. The molecule has 0 bridgehead atoms. The van der Waals surface area contributed by atoms with Crippen molar-refractivity contribution < 1.29 is 0 Å². The molecule has 0 aromatic carbocycles. The van der Waals surface area contributed by atoms with Crippen LogP contribution in [-0.4, -0.2) is 28.0 Å². The molecular formula is C14H19N5. The van der Waals surface area contributed by atoms with E-state index in [1.807, 2.05) is 12.1 Å². The van der Waals surface area contributed by atoms with Gasteiger partial charge in [0.15, 0.2) is 5.65 Å². The SMILES string of the molecule is NCC1(CNc2ccc3nccnc3n2)CCCC1. The lowest BCUT2D eigenvalue weighted by Crippen LogP contribution is -2.34. The number of nitrogens with two attached hydrogens (primary N) is 1. The highest BCUT2D eigenvalue weighted by atomic mass is 15.0. The number of anilines is 1. The second-order valence-electron chi connectivity index (χ2n) is 5.36. The molecule has 5 heteroatoms. The van der Waals surface area contributed by atoms with Gasteiger partial charge in [-0.25, -0.2) is 9.97 Å². The summed E-state index contributed by atoms with van der Waals surface area (Å²) < 4.78 is 0. The predicted molar refractivity (Wildman–Crippen MR) is 75.8 cm³/mol. The van der Waals surface area contributed by atoms with Crippen LogP contribution in [0.15, 0.2) is 24.5 Å². The van der Waals surface area contributed by atoms with Gasteiger partial charge in [-0.3, -0.25) is 4.98 Å². The van der Waals surface area contributed by atoms with E-state index in [4.69, 9.17) is 5.73 Å². The molecule has 0 atom stereocenters. The van der Waals surface area contributed by atoms with Gasteiger partial charge in [-0.05, 0) is 36.9 Å². The van der Waals surface area contributed by atoms with E-state index >= 15 is 0 Å². The monoisotopic (exact) mass is 257 g/mol. The first-order valence-corrected chi connectivity index (χ1v) is 6.83. The third-order valence-electron chi connectivity index (χ3n) is 4.07. The summed E-state index contributed by atoms with van der Waals surface area (Å²) >= 11 is 0. The van der Waals surface area contributed by atoms with E-state index in [-0.39, 0.29) is 5.41 Å². The van der Waals surface area contributed by atoms with Crippen molar-refractivity contribution in [3.63, 3.8) is 0 Å². The van der Waals surface area contributed by atoms with Crippen LogP contribution in [0.2, 0.25) is 0 Å². The van der Waals surface area contributed by atoms with Crippen LogP contribution in [0, 0.1) is 5.41 Å². The Morgan fingerprint density at radius 1 is 1.16 bits per heavy atom.